The highest BCUT2D eigenvalue weighted by Gasteiger charge is 2.33. The number of aromatic nitrogens is 4. The minimum Gasteiger partial charge on any atom is -0.380 e. The molecule has 5 rings (SSSR count). The maximum atomic E-state index is 13.4. The zero-order chi connectivity index (χ0) is 26.9. The summed E-state index contributed by atoms with van der Waals surface area (Å²) in [5, 5.41) is 7.01. The number of alkyl halides is 3. The second kappa shape index (κ2) is 10.4. The van der Waals surface area contributed by atoms with E-state index in [1.54, 1.807) is 25.1 Å². The van der Waals surface area contributed by atoms with Crippen molar-refractivity contribution in [3.8, 4) is 11.4 Å². The molecular weight excluding hydrogens is 497 g/mol. The van der Waals surface area contributed by atoms with Crippen LogP contribution >= 0.6 is 0 Å². The van der Waals surface area contributed by atoms with Gasteiger partial charge in [0.25, 0.3) is 0 Å². The van der Waals surface area contributed by atoms with Crippen molar-refractivity contribution >= 4 is 28.5 Å². The second-order valence-corrected chi connectivity index (χ2v) is 9.23. The number of hydrogen-bond acceptors (Lipinski definition) is 7. The first-order valence-electron chi connectivity index (χ1n) is 12.4. The molecule has 0 atom stereocenters. The van der Waals surface area contributed by atoms with E-state index in [0.29, 0.717) is 54.5 Å². The van der Waals surface area contributed by atoms with Gasteiger partial charge in [0.1, 0.15) is 16.8 Å². The van der Waals surface area contributed by atoms with Crippen molar-refractivity contribution in [2.75, 3.05) is 36.9 Å². The number of carbonyl (C=O) groups is 1. The molecule has 1 aliphatic rings. The normalized spacial score (nSPS) is 14.3. The van der Waals surface area contributed by atoms with Gasteiger partial charge in [0.2, 0.25) is 0 Å². The van der Waals surface area contributed by atoms with Gasteiger partial charge < -0.3 is 15.4 Å². The number of morpholine rings is 1. The van der Waals surface area contributed by atoms with Crippen molar-refractivity contribution in [2.45, 2.75) is 32.4 Å². The average molecular weight is 525 g/mol. The van der Waals surface area contributed by atoms with Crippen molar-refractivity contribution in [2.24, 2.45) is 0 Å². The molecule has 8 nitrogen and oxygen atoms in total. The molecule has 2 aromatic heterocycles. The number of halogens is 3. The highest BCUT2D eigenvalue weighted by atomic mass is 19.4. The van der Waals surface area contributed by atoms with Crippen molar-refractivity contribution in [3.05, 3.63) is 64.7 Å². The van der Waals surface area contributed by atoms with E-state index < -0.39 is 11.7 Å². The van der Waals surface area contributed by atoms with E-state index >= 15 is 0 Å². The van der Waals surface area contributed by atoms with Gasteiger partial charge in [0.15, 0.2) is 17.5 Å². The summed E-state index contributed by atoms with van der Waals surface area (Å²) in [7, 11) is 0. The van der Waals surface area contributed by atoms with Crippen molar-refractivity contribution in [1.29, 1.82) is 0 Å². The maximum Gasteiger partial charge on any atom is 0.416 e. The molecule has 198 valence electrons. The van der Waals surface area contributed by atoms with Gasteiger partial charge in [-0.15, -0.1) is 0 Å². The number of fused-ring (bicyclic) bond motifs is 1. The first-order valence-corrected chi connectivity index (χ1v) is 12.4. The fourth-order valence-corrected chi connectivity index (χ4v) is 4.63. The maximum absolute atomic E-state index is 13.4. The Morgan fingerprint density at radius 1 is 1.05 bits per heavy atom. The lowest BCUT2D eigenvalue weighted by Gasteiger charge is -2.28. The third-order valence-electron chi connectivity index (χ3n) is 6.61. The Morgan fingerprint density at radius 2 is 1.74 bits per heavy atom. The first-order chi connectivity index (χ1) is 18.2. The number of anilines is 2. The third kappa shape index (κ3) is 5.33. The van der Waals surface area contributed by atoms with Crippen LogP contribution in [0.2, 0.25) is 0 Å². The molecule has 38 heavy (non-hydrogen) atoms. The Morgan fingerprint density at radius 3 is 2.42 bits per heavy atom. The summed E-state index contributed by atoms with van der Waals surface area (Å²) in [4.78, 5) is 24.1. The van der Waals surface area contributed by atoms with E-state index in [-0.39, 0.29) is 36.4 Å². The molecule has 2 aromatic carbocycles. The van der Waals surface area contributed by atoms with Crippen molar-refractivity contribution in [1.82, 2.24) is 20.2 Å². The lowest BCUT2D eigenvalue weighted by Crippen LogP contribution is -2.37. The highest BCUT2D eigenvalue weighted by Crippen LogP contribution is 2.33. The van der Waals surface area contributed by atoms with Crippen LogP contribution in [0, 0.1) is 0 Å². The van der Waals surface area contributed by atoms with Crippen molar-refractivity contribution < 1.29 is 22.7 Å². The molecule has 4 aromatic rings. The van der Waals surface area contributed by atoms with Gasteiger partial charge in [0.05, 0.1) is 18.8 Å². The zero-order valence-corrected chi connectivity index (χ0v) is 20.8. The van der Waals surface area contributed by atoms with Crippen molar-refractivity contribution in [3.63, 3.8) is 0 Å². The van der Waals surface area contributed by atoms with E-state index in [2.05, 4.69) is 20.1 Å². The third-order valence-corrected chi connectivity index (χ3v) is 6.61. The number of Topliss-reactive ketones (excluding diaryl/α,β-unsaturated/α-hetero) is 1. The molecular formula is C27H27F3N6O2. The summed E-state index contributed by atoms with van der Waals surface area (Å²) in [6.45, 7) is 4.21. The summed E-state index contributed by atoms with van der Waals surface area (Å²) in [6, 6.07) is 11.4. The average Bonchev–Trinajstić information content (AvgIpc) is 3.29. The monoisotopic (exact) mass is 524 g/mol. The van der Waals surface area contributed by atoms with Gasteiger partial charge in [-0.1, -0.05) is 43.3 Å². The molecule has 0 aliphatic carbocycles. The van der Waals surface area contributed by atoms with Gasteiger partial charge in [-0.3, -0.25) is 9.89 Å². The summed E-state index contributed by atoms with van der Waals surface area (Å²) in [5.74, 6) is 1.28. The molecule has 0 unspecified atom stereocenters. The first kappa shape index (κ1) is 25.7. The fraction of sp³-hybridized carbons (Fsp3) is 0.333. The fourth-order valence-electron chi connectivity index (χ4n) is 4.63. The predicted octanol–water partition coefficient (Wildman–Crippen LogP) is 4.37. The van der Waals surface area contributed by atoms with Crippen LogP contribution in [0.15, 0.2) is 42.5 Å². The van der Waals surface area contributed by atoms with Gasteiger partial charge >= 0.3 is 6.18 Å². The lowest BCUT2D eigenvalue weighted by molar-refractivity contribution is -0.138. The van der Waals surface area contributed by atoms with Gasteiger partial charge in [-0.2, -0.15) is 18.3 Å². The smallest absolute Gasteiger partial charge is 0.380 e. The summed E-state index contributed by atoms with van der Waals surface area (Å²) < 4.78 is 45.6. The van der Waals surface area contributed by atoms with E-state index in [1.807, 2.05) is 12.1 Å². The number of rotatable bonds is 7. The Balaban J connectivity index is 1.34. The van der Waals surface area contributed by atoms with E-state index in [1.165, 1.54) is 6.07 Å². The Bertz CT molecular complexity index is 1460. The number of ketones is 1. The highest BCUT2D eigenvalue weighted by molar-refractivity contribution is 5.94. The minimum absolute atomic E-state index is 0.0721. The molecule has 0 amide bonds. The minimum atomic E-state index is -4.45. The summed E-state index contributed by atoms with van der Waals surface area (Å²) in [6.07, 6.45) is -4.15. The zero-order valence-electron chi connectivity index (χ0n) is 20.8. The number of benzene rings is 2. The summed E-state index contributed by atoms with van der Waals surface area (Å²) in [5.41, 5.74) is 8.61. The number of ether oxygens (including phenoxy) is 1. The molecule has 11 heteroatoms. The van der Waals surface area contributed by atoms with Crippen LogP contribution in [-0.2, 0) is 35.0 Å². The quantitative estimate of drug-likeness (QED) is 0.369. The number of nitrogens with two attached hydrogens (primary N) is 1. The van der Waals surface area contributed by atoms with Crippen LogP contribution in [0.1, 0.15) is 29.2 Å². The number of nitrogen functional groups attached to an aromatic ring is 1. The number of nitrogens with zero attached hydrogens (tertiary/aromatic N) is 4. The van der Waals surface area contributed by atoms with Crippen LogP contribution in [0.3, 0.4) is 0 Å². The van der Waals surface area contributed by atoms with E-state index in [9.17, 15) is 18.0 Å². The Kier molecular flexibility index (Phi) is 7.02. The van der Waals surface area contributed by atoms with Crippen LogP contribution in [-0.4, -0.2) is 52.3 Å². The number of aromatic amines is 1. The molecule has 3 N–H and O–H groups in total. The van der Waals surface area contributed by atoms with E-state index in [0.717, 1.165) is 17.2 Å². The predicted molar refractivity (Wildman–Crippen MR) is 138 cm³/mol. The van der Waals surface area contributed by atoms with Crippen LogP contribution < -0.4 is 10.6 Å². The molecule has 1 saturated heterocycles. The largest absolute Gasteiger partial charge is 0.416 e. The van der Waals surface area contributed by atoms with Crippen LogP contribution in [0.5, 0.6) is 0 Å². The van der Waals surface area contributed by atoms with Crippen LogP contribution in [0.4, 0.5) is 24.8 Å². The number of carbonyl (C=O) groups excluding carboxylic acids is 1. The number of nitrogens with one attached hydrogen (secondary N) is 1. The number of aryl methyl sites for hydroxylation is 1. The standard InChI is InChI=1S/C27H27F3N6O2/c1-2-18-6-5-17(15-21(18)27(28,29)30)14-20(37)13-16-3-7-19(8-4-16)25-32-22-23(34-35-24(22)31)26(33-25)36-9-11-38-12-10-36/h3-8,15H,2,9-14H2,1H3,(H3,31,34,35). The Labute approximate surface area is 217 Å². The molecule has 0 spiro atoms. The lowest BCUT2D eigenvalue weighted by atomic mass is 9.97. The Hall–Kier alpha value is -3.99. The van der Waals surface area contributed by atoms with Gasteiger partial charge in [0, 0.05) is 31.5 Å². The molecule has 0 saturated carbocycles. The second-order valence-electron chi connectivity index (χ2n) is 9.23. The number of H-pyrrole nitrogens is 1. The topological polar surface area (TPSA) is 110 Å². The number of hydrogen-bond donors (Lipinski definition) is 2. The molecule has 0 radical (unpaired) electrons. The SMILES string of the molecule is CCc1ccc(CC(=O)Cc2ccc(-c3nc(N4CCOCC4)c4[nH]nc(N)c4n3)cc2)cc1C(F)(F)F. The van der Waals surface area contributed by atoms with Gasteiger partial charge in [-0.25, -0.2) is 9.97 Å². The molecule has 0 bridgehead atoms. The summed E-state index contributed by atoms with van der Waals surface area (Å²) >= 11 is 0. The van der Waals surface area contributed by atoms with Gasteiger partial charge in [-0.05, 0) is 29.2 Å². The molecule has 1 fully saturated rings. The molecule has 3 heterocycles. The van der Waals surface area contributed by atoms with E-state index in [4.69, 9.17) is 15.5 Å². The van der Waals surface area contributed by atoms with Crippen LogP contribution in [0.25, 0.3) is 22.4 Å². The molecule has 1 aliphatic heterocycles.